The lowest BCUT2D eigenvalue weighted by Gasteiger charge is -2.07. The number of nitrogens with one attached hydrogen (secondary N) is 2. The molecule has 0 saturated heterocycles. The van der Waals surface area contributed by atoms with E-state index in [9.17, 15) is 8.42 Å². The van der Waals surface area contributed by atoms with Gasteiger partial charge >= 0.3 is 0 Å². The molecule has 104 valence electrons. The summed E-state index contributed by atoms with van der Waals surface area (Å²) in [7, 11) is -2.05. The van der Waals surface area contributed by atoms with E-state index in [4.69, 9.17) is 5.26 Å². The zero-order valence-corrected chi connectivity index (χ0v) is 12.4. The van der Waals surface area contributed by atoms with Gasteiger partial charge in [0.1, 0.15) is 6.07 Å². The molecule has 0 aliphatic carbocycles. The molecule has 1 aromatic carbocycles. The van der Waals surface area contributed by atoms with Gasteiger partial charge in [0.15, 0.2) is 0 Å². The topological polar surface area (TPSA) is 82.0 Å². The summed E-state index contributed by atoms with van der Waals surface area (Å²) in [4.78, 5) is 1.23. The predicted octanol–water partition coefficient (Wildman–Crippen LogP) is 2.14. The molecule has 0 fully saturated rings. The Morgan fingerprint density at radius 1 is 1.35 bits per heavy atom. The summed E-state index contributed by atoms with van der Waals surface area (Å²) >= 11 is 1.49. The first-order valence-electron chi connectivity index (χ1n) is 5.80. The number of rotatable bonds is 5. The average Bonchev–Trinajstić information content (AvgIpc) is 2.93. The molecule has 0 unspecified atom stereocenters. The maximum absolute atomic E-state index is 11.7. The fourth-order valence-electron chi connectivity index (χ4n) is 1.61. The summed E-state index contributed by atoms with van der Waals surface area (Å²) in [6, 6.07) is 10.5. The van der Waals surface area contributed by atoms with Crippen LogP contribution in [0.4, 0.5) is 5.69 Å². The minimum absolute atomic E-state index is 0.217. The van der Waals surface area contributed by atoms with E-state index in [0.717, 1.165) is 4.88 Å². The normalized spacial score (nSPS) is 11.0. The Hall–Kier alpha value is -1.88. The van der Waals surface area contributed by atoms with E-state index >= 15 is 0 Å². The summed E-state index contributed by atoms with van der Waals surface area (Å²) in [6.45, 7) is 0.551. The van der Waals surface area contributed by atoms with Crippen LogP contribution in [0.15, 0.2) is 40.6 Å². The van der Waals surface area contributed by atoms with Crippen LogP contribution in [0.3, 0.4) is 0 Å². The molecule has 0 amide bonds. The van der Waals surface area contributed by atoms with Gasteiger partial charge in [0.2, 0.25) is 10.0 Å². The Balaban J connectivity index is 2.11. The molecule has 0 radical (unpaired) electrons. The third kappa shape index (κ3) is 3.36. The lowest BCUT2D eigenvalue weighted by atomic mass is 10.3. The highest BCUT2D eigenvalue weighted by Crippen LogP contribution is 2.18. The van der Waals surface area contributed by atoms with Gasteiger partial charge in [-0.1, -0.05) is 6.07 Å². The fourth-order valence-corrected chi connectivity index (χ4v) is 3.14. The first-order chi connectivity index (χ1) is 9.55. The molecule has 0 atom stereocenters. The first kappa shape index (κ1) is 14.5. The smallest absolute Gasteiger partial charge is 0.240 e. The van der Waals surface area contributed by atoms with Crippen LogP contribution in [0.5, 0.6) is 0 Å². The van der Waals surface area contributed by atoms with E-state index in [2.05, 4.69) is 16.1 Å². The van der Waals surface area contributed by atoms with Crippen molar-refractivity contribution in [3.63, 3.8) is 0 Å². The van der Waals surface area contributed by atoms with Crippen LogP contribution in [0.25, 0.3) is 0 Å². The molecule has 0 aliphatic rings. The number of hydrogen-bond acceptors (Lipinski definition) is 5. The van der Waals surface area contributed by atoms with Gasteiger partial charge in [0, 0.05) is 22.5 Å². The Morgan fingerprint density at radius 3 is 2.80 bits per heavy atom. The van der Waals surface area contributed by atoms with Crippen molar-refractivity contribution in [1.82, 2.24) is 4.72 Å². The molecular weight excluding hydrogens is 294 g/mol. The van der Waals surface area contributed by atoms with Crippen molar-refractivity contribution >= 4 is 27.0 Å². The van der Waals surface area contributed by atoms with Crippen LogP contribution >= 0.6 is 11.3 Å². The molecule has 7 heteroatoms. The maximum Gasteiger partial charge on any atom is 0.240 e. The number of hydrogen-bond donors (Lipinski definition) is 2. The highest BCUT2D eigenvalue weighted by Gasteiger charge is 2.11. The Bertz CT molecular complexity index is 745. The van der Waals surface area contributed by atoms with Crippen LogP contribution < -0.4 is 10.0 Å². The van der Waals surface area contributed by atoms with Crippen LogP contribution in [-0.2, 0) is 16.6 Å². The van der Waals surface area contributed by atoms with E-state index < -0.39 is 10.0 Å². The number of anilines is 1. The van der Waals surface area contributed by atoms with Crippen molar-refractivity contribution in [3.05, 3.63) is 46.2 Å². The van der Waals surface area contributed by atoms with E-state index in [0.29, 0.717) is 17.8 Å². The quantitative estimate of drug-likeness (QED) is 0.886. The van der Waals surface area contributed by atoms with Crippen molar-refractivity contribution in [2.24, 2.45) is 0 Å². The summed E-state index contributed by atoms with van der Waals surface area (Å²) in [6.07, 6.45) is 0. The van der Waals surface area contributed by atoms with Gasteiger partial charge in [-0.15, -0.1) is 11.3 Å². The molecule has 0 spiro atoms. The SMILES string of the molecule is CNS(=O)(=O)c1cccc(NCc2cc(C#N)cs2)c1. The van der Waals surface area contributed by atoms with Gasteiger partial charge in [-0.25, -0.2) is 13.1 Å². The molecule has 1 aromatic heterocycles. The summed E-state index contributed by atoms with van der Waals surface area (Å²) in [5.74, 6) is 0. The van der Waals surface area contributed by atoms with Gasteiger partial charge in [-0.05, 0) is 31.3 Å². The van der Waals surface area contributed by atoms with Gasteiger partial charge < -0.3 is 5.32 Å². The standard InChI is InChI=1S/C13H13N3O2S2/c1-15-20(17,18)13-4-2-3-11(6-13)16-8-12-5-10(7-14)9-19-12/h2-6,9,15-16H,8H2,1H3. The Morgan fingerprint density at radius 2 is 2.15 bits per heavy atom. The molecule has 0 aliphatic heterocycles. The van der Waals surface area contributed by atoms with Crippen molar-refractivity contribution in [2.45, 2.75) is 11.4 Å². The van der Waals surface area contributed by atoms with E-state index in [1.54, 1.807) is 23.6 Å². The second kappa shape index (κ2) is 6.05. The molecule has 2 rings (SSSR count). The highest BCUT2D eigenvalue weighted by molar-refractivity contribution is 7.89. The maximum atomic E-state index is 11.7. The van der Waals surface area contributed by atoms with Crippen LogP contribution in [0, 0.1) is 11.3 Å². The molecular formula is C13H13N3O2S2. The molecule has 2 N–H and O–H groups in total. The first-order valence-corrected chi connectivity index (χ1v) is 8.16. The van der Waals surface area contributed by atoms with Crippen LogP contribution in [-0.4, -0.2) is 15.5 Å². The van der Waals surface area contributed by atoms with Crippen molar-refractivity contribution in [1.29, 1.82) is 5.26 Å². The fraction of sp³-hybridized carbons (Fsp3) is 0.154. The van der Waals surface area contributed by atoms with Crippen molar-refractivity contribution in [2.75, 3.05) is 12.4 Å². The number of sulfonamides is 1. The minimum Gasteiger partial charge on any atom is -0.380 e. The number of thiophene rings is 1. The lowest BCUT2D eigenvalue weighted by molar-refractivity contribution is 0.588. The average molecular weight is 307 g/mol. The number of benzene rings is 1. The van der Waals surface area contributed by atoms with Gasteiger partial charge in [0.25, 0.3) is 0 Å². The largest absolute Gasteiger partial charge is 0.380 e. The van der Waals surface area contributed by atoms with Crippen molar-refractivity contribution < 1.29 is 8.42 Å². The zero-order valence-electron chi connectivity index (χ0n) is 10.8. The monoisotopic (exact) mass is 307 g/mol. The molecule has 1 heterocycles. The highest BCUT2D eigenvalue weighted by atomic mass is 32.2. The van der Waals surface area contributed by atoms with Crippen molar-refractivity contribution in [3.8, 4) is 6.07 Å². The van der Waals surface area contributed by atoms with Gasteiger partial charge in [-0.3, -0.25) is 0 Å². The summed E-state index contributed by atoms with van der Waals surface area (Å²) in [5.41, 5.74) is 1.35. The molecule has 0 saturated carbocycles. The minimum atomic E-state index is -3.43. The third-order valence-corrected chi connectivity index (χ3v) is 5.01. The number of nitriles is 1. The van der Waals surface area contributed by atoms with E-state index in [1.165, 1.54) is 24.5 Å². The predicted molar refractivity (Wildman–Crippen MR) is 79.0 cm³/mol. The van der Waals surface area contributed by atoms with E-state index in [-0.39, 0.29) is 4.90 Å². The summed E-state index contributed by atoms with van der Waals surface area (Å²) in [5, 5.41) is 13.7. The third-order valence-electron chi connectivity index (χ3n) is 2.66. The lowest BCUT2D eigenvalue weighted by Crippen LogP contribution is -2.18. The second-order valence-corrected chi connectivity index (χ2v) is 6.88. The van der Waals surface area contributed by atoms with Crippen LogP contribution in [0.2, 0.25) is 0 Å². The Labute approximate surface area is 121 Å². The van der Waals surface area contributed by atoms with Gasteiger partial charge in [-0.2, -0.15) is 5.26 Å². The Kier molecular flexibility index (Phi) is 4.39. The molecule has 20 heavy (non-hydrogen) atoms. The van der Waals surface area contributed by atoms with Crippen LogP contribution in [0.1, 0.15) is 10.4 Å². The zero-order chi connectivity index (χ0) is 14.6. The summed E-state index contributed by atoms with van der Waals surface area (Å²) < 4.78 is 25.7. The molecule has 0 bridgehead atoms. The second-order valence-electron chi connectivity index (χ2n) is 4.00. The van der Waals surface area contributed by atoms with Gasteiger partial charge in [0.05, 0.1) is 10.5 Å². The number of nitrogens with zero attached hydrogens (tertiary/aromatic N) is 1. The molecule has 2 aromatic rings. The van der Waals surface area contributed by atoms with E-state index in [1.807, 2.05) is 6.07 Å². The molecule has 5 nitrogen and oxygen atoms in total.